The van der Waals surface area contributed by atoms with Crippen molar-refractivity contribution in [3.05, 3.63) is 34.9 Å². The number of hydrogen-bond acceptors (Lipinski definition) is 3. The first kappa shape index (κ1) is 13.1. The normalized spacial score (nSPS) is 22.1. The number of aromatic nitrogens is 4. The molecule has 1 atom stereocenters. The highest BCUT2D eigenvalue weighted by atomic mass is 15.3. The first-order chi connectivity index (χ1) is 10.2. The molecule has 1 saturated heterocycles. The molecule has 0 aromatic carbocycles. The lowest BCUT2D eigenvalue weighted by Crippen LogP contribution is -2.23. The standard InChI is InChI=1S/C16H23N5/c1-12-8-17-21(9-12)13-6-7-20(10-13)11-16-14-4-3-5-15(14)18-19(16)2/h8-9,13H,3-7,10-11H2,1-2H3. The zero-order chi connectivity index (χ0) is 14.4. The van der Waals surface area contributed by atoms with Crippen LogP contribution in [0.25, 0.3) is 0 Å². The van der Waals surface area contributed by atoms with Crippen molar-refractivity contribution in [1.29, 1.82) is 0 Å². The summed E-state index contributed by atoms with van der Waals surface area (Å²) in [5.41, 5.74) is 5.54. The topological polar surface area (TPSA) is 38.9 Å². The molecule has 2 aromatic rings. The van der Waals surface area contributed by atoms with Gasteiger partial charge in [0.25, 0.3) is 0 Å². The Hall–Kier alpha value is -1.62. The molecule has 1 aliphatic heterocycles. The quantitative estimate of drug-likeness (QED) is 0.864. The Bertz CT molecular complexity index is 654. The van der Waals surface area contributed by atoms with Crippen molar-refractivity contribution in [2.75, 3.05) is 13.1 Å². The number of fused-ring (bicyclic) bond motifs is 1. The molecule has 2 aromatic heterocycles. The average Bonchev–Trinajstić information content (AvgIpc) is 3.17. The molecule has 0 amide bonds. The number of rotatable bonds is 3. The molecule has 4 rings (SSSR count). The number of likely N-dealkylation sites (tertiary alicyclic amines) is 1. The summed E-state index contributed by atoms with van der Waals surface area (Å²) in [6.07, 6.45) is 8.97. The highest BCUT2D eigenvalue weighted by Crippen LogP contribution is 2.28. The molecule has 1 aliphatic carbocycles. The van der Waals surface area contributed by atoms with Crippen molar-refractivity contribution >= 4 is 0 Å². The van der Waals surface area contributed by atoms with Crippen LogP contribution in [0.1, 0.15) is 41.4 Å². The monoisotopic (exact) mass is 285 g/mol. The van der Waals surface area contributed by atoms with Crippen LogP contribution in [0.4, 0.5) is 0 Å². The maximum Gasteiger partial charge on any atom is 0.0660 e. The molecule has 5 nitrogen and oxygen atoms in total. The highest BCUT2D eigenvalue weighted by molar-refractivity contribution is 5.30. The van der Waals surface area contributed by atoms with E-state index in [9.17, 15) is 0 Å². The van der Waals surface area contributed by atoms with Crippen LogP contribution in [0.3, 0.4) is 0 Å². The van der Waals surface area contributed by atoms with Gasteiger partial charge in [0.05, 0.1) is 23.6 Å². The second kappa shape index (κ2) is 4.98. The molecular formula is C16H23N5. The maximum absolute atomic E-state index is 4.69. The summed E-state index contributed by atoms with van der Waals surface area (Å²) in [6, 6.07) is 0.528. The van der Waals surface area contributed by atoms with Gasteiger partial charge in [0, 0.05) is 32.9 Å². The van der Waals surface area contributed by atoms with E-state index in [1.165, 1.54) is 48.2 Å². The van der Waals surface area contributed by atoms with Gasteiger partial charge in [-0.3, -0.25) is 14.3 Å². The molecule has 1 unspecified atom stereocenters. The van der Waals surface area contributed by atoms with Gasteiger partial charge in [-0.25, -0.2) is 0 Å². The number of nitrogens with zero attached hydrogens (tertiary/aromatic N) is 5. The van der Waals surface area contributed by atoms with Crippen molar-refractivity contribution < 1.29 is 0 Å². The Morgan fingerprint density at radius 2 is 2.24 bits per heavy atom. The zero-order valence-corrected chi connectivity index (χ0v) is 12.9. The number of hydrogen-bond donors (Lipinski definition) is 0. The fourth-order valence-corrected chi connectivity index (χ4v) is 3.80. The van der Waals surface area contributed by atoms with Crippen molar-refractivity contribution in [2.24, 2.45) is 7.05 Å². The van der Waals surface area contributed by atoms with E-state index in [-0.39, 0.29) is 0 Å². The number of aryl methyl sites for hydroxylation is 3. The van der Waals surface area contributed by atoms with Gasteiger partial charge in [0.15, 0.2) is 0 Å². The van der Waals surface area contributed by atoms with Gasteiger partial charge >= 0.3 is 0 Å². The van der Waals surface area contributed by atoms with Crippen molar-refractivity contribution in [3.8, 4) is 0 Å². The molecule has 3 heterocycles. The first-order valence-electron chi connectivity index (χ1n) is 7.97. The van der Waals surface area contributed by atoms with Gasteiger partial charge in [-0.15, -0.1) is 0 Å². The molecule has 5 heteroatoms. The van der Waals surface area contributed by atoms with Gasteiger partial charge in [0.2, 0.25) is 0 Å². The predicted molar refractivity (Wildman–Crippen MR) is 81.1 cm³/mol. The van der Waals surface area contributed by atoms with Gasteiger partial charge in [-0.05, 0) is 43.7 Å². The molecule has 0 N–H and O–H groups in total. The third kappa shape index (κ3) is 2.29. The largest absolute Gasteiger partial charge is 0.295 e. The molecule has 0 saturated carbocycles. The van der Waals surface area contributed by atoms with E-state index in [0.29, 0.717) is 6.04 Å². The summed E-state index contributed by atoms with van der Waals surface area (Å²) in [5.74, 6) is 0. The minimum Gasteiger partial charge on any atom is -0.295 e. The second-order valence-corrected chi connectivity index (χ2v) is 6.52. The average molecular weight is 285 g/mol. The molecule has 0 bridgehead atoms. The van der Waals surface area contributed by atoms with E-state index in [1.807, 2.05) is 6.20 Å². The van der Waals surface area contributed by atoms with Crippen molar-refractivity contribution in [3.63, 3.8) is 0 Å². The van der Waals surface area contributed by atoms with Crippen LogP contribution in [-0.4, -0.2) is 37.6 Å². The molecule has 21 heavy (non-hydrogen) atoms. The van der Waals surface area contributed by atoms with Crippen LogP contribution in [0.2, 0.25) is 0 Å². The Labute approximate surface area is 125 Å². The van der Waals surface area contributed by atoms with E-state index in [2.05, 4.69) is 44.6 Å². The van der Waals surface area contributed by atoms with Crippen LogP contribution in [0.15, 0.2) is 12.4 Å². The third-order valence-electron chi connectivity index (χ3n) is 4.92. The fourth-order valence-electron chi connectivity index (χ4n) is 3.80. The second-order valence-electron chi connectivity index (χ2n) is 6.52. The first-order valence-corrected chi connectivity index (χ1v) is 7.97. The highest BCUT2D eigenvalue weighted by Gasteiger charge is 2.27. The van der Waals surface area contributed by atoms with E-state index < -0.39 is 0 Å². The molecule has 0 radical (unpaired) electrons. The maximum atomic E-state index is 4.69. The van der Waals surface area contributed by atoms with E-state index >= 15 is 0 Å². The summed E-state index contributed by atoms with van der Waals surface area (Å²) in [4.78, 5) is 2.55. The van der Waals surface area contributed by atoms with Gasteiger partial charge in [0.1, 0.15) is 0 Å². The summed E-state index contributed by atoms with van der Waals surface area (Å²) >= 11 is 0. The lowest BCUT2D eigenvalue weighted by Gasteiger charge is -2.17. The minimum atomic E-state index is 0.528. The molecule has 2 aliphatic rings. The van der Waals surface area contributed by atoms with Gasteiger partial charge in [-0.1, -0.05) is 0 Å². The molecule has 0 spiro atoms. The van der Waals surface area contributed by atoms with E-state index in [4.69, 9.17) is 0 Å². The zero-order valence-electron chi connectivity index (χ0n) is 12.9. The van der Waals surface area contributed by atoms with Crippen LogP contribution in [0, 0.1) is 6.92 Å². The SMILES string of the molecule is Cc1cnn(C2CCN(Cc3c4c(nn3C)CCC4)C2)c1. The summed E-state index contributed by atoms with van der Waals surface area (Å²) < 4.78 is 4.25. The van der Waals surface area contributed by atoms with E-state index in [0.717, 1.165) is 19.6 Å². The van der Waals surface area contributed by atoms with Crippen molar-refractivity contribution in [2.45, 2.75) is 45.2 Å². The lowest BCUT2D eigenvalue weighted by atomic mass is 10.2. The molecular weight excluding hydrogens is 262 g/mol. The fraction of sp³-hybridized carbons (Fsp3) is 0.625. The predicted octanol–water partition coefficient (Wildman–Crippen LogP) is 1.86. The molecule has 112 valence electrons. The van der Waals surface area contributed by atoms with Crippen molar-refractivity contribution in [1.82, 2.24) is 24.5 Å². The Morgan fingerprint density at radius 1 is 1.33 bits per heavy atom. The summed E-state index contributed by atoms with van der Waals surface area (Å²) in [7, 11) is 2.10. The Morgan fingerprint density at radius 3 is 3.05 bits per heavy atom. The lowest BCUT2D eigenvalue weighted by molar-refractivity contribution is 0.302. The molecule has 1 fully saturated rings. The van der Waals surface area contributed by atoms with Gasteiger partial charge < -0.3 is 0 Å². The van der Waals surface area contributed by atoms with Crippen LogP contribution < -0.4 is 0 Å². The van der Waals surface area contributed by atoms with Crippen LogP contribution >= 0.6 is 0 Å². The van der Waals surface area contributed by atoms with Gasteiger partial charge in [-0.2, -0.15) is 10.2 Å². The Kier molecular flexibility index (Phi) is 3.10. The smallest absolute Gasteiger partial charge is 0.0660 e. The van der Waals surface area contributed by atoms with Crippen LogP contribution in [-0.2, 0) is 26.4 Å². The summed E-state index contributed by atoms with van der Waals surface area (Å²) in [5, 5.41) is 9.16. The van der Waals surface area contributed by atoms with E-state index in [1.54, 1.807) is 0 Å². The Balaban J connectivity index is 1.47. The summed E-state index contributed by atoms with van der Waals surface area (Å²) in [6.45, 7) is 5.40. The minimum absolute atomic E-state index is 0.528. The third-order valence-corrected chi connectivity index (χ3v) is 4.92. The van der Waals surface area contributed by atoms with Crippen LogP contribution in [0.5, 0.6) is 0 Å².